The van der Waals surface area contributed by atoms with E-state index >= 15 is 0 Å². The van der Waals surface area contributed by atoms with Gasteiger partial charge in [0.1, 0.15) is 5.75 Å². The van der Waals surface area contributed by atoms with Crippen LogP contribution in [-0.2, 0) is 27.2 Å². The Kier molecular flexibility index (Phi) is 6.20. The van der Waals surface area contributed by atoms with Crippen molar-refractivity contribution in [3.63, 3.8) is 0 Å². The van der Waals surface area contributed by atoms with Gasteiger partial charge in [0.05, 0.1) is 18.6 Å². The molecule has 0 fully saturated rings. The summed E-state index contributed by atoms with van der Waals surface area (Å²) in [5, 5.41) is 11.7. The zero-order valence-electron chi connectivity index (χ0n) is 14.3. The van der Waals surface area contributed by atoms with Gasteiger partial charge in [-0.1, -0.05) is 6.07 Å². The predicted octanol–water partition coefficient (Wildman–Crippen LogP) is 1.94. The molecule has 2 rings (SSSR count). The summed E-state index contributed by atoms with van der Waals surface area (Å²) in [4.78, 5) is 23.0. The fourth-order valence-electron chi connectivity index (χ4n) is 3.10. The van der Waals surface area contributed by atoms with E-state index in [4.69, 9.17) is 14.6 Å². The van der Waals surface area contributed by atoms with Crippen LogP contribution in [0.5, 0.6) is 5.75 Å². The number of amides is 1. The monoisotopic (exact) mass is 335 g/mol. The van der Waals surface area contributed by atoms with E-state index < -0.39 is 11.5 Å². The van der Waals surface area contributed by atoms with E-state index in [0.29, 0.717) is 5.75 Å². The largest absolute Gasteiger partial charge is 0.484 e. The highest BCUT2D eigenvalue weighted by Gasteiger charge is 2.29. The molecule has 24 heavy (non-hydrogen) atoms. The van der Waals surface area contributed by atoms with Gasteiger partial charge >= 0.3 is 5.97 Å². The summed E-state index contributed by atoms with van der Waals surface area (Å²) in [5.74, 6) is -0.698. The van der Waals surface area contributed by atoms with Gasteiger partial charge in [0, 0.05) is 7.11 Å². The van der Waals surface area contributed by atoms with Crippen LogP contribution in [0.2, 0.25) is 0 Å². The molecule has 132 valence electrons. The Bertz CT molecular complexity index is 601. The quantitative estimate of drug-likeness (QED) is 0.758. The first-order valence-electron chi connectivity index (χ1n) is 8.18. The van der Waals surface area contributed by atoms with Gasteiger partial charge in [0.15, 0.2) is 6.61 Å². The molecule has 0 aromatic heterocycles. The normalized spacial score (nSPS) is 15.9. The second kappa shape index (κ2) is 8.15. The predicted molar refractivity (Wildman–Crippen MR) is 89.3 cm³/mol. The second-order valence-corrected chi connectivity index (χ2v) is 6.54. The minimum Gasteiger partial charge on any atom is -0.484 e. The van der Waals surface area contributed by atoms with Crippen molar-refractivity contribution in [3.8, 4) is 5.75 Å². The summed E-state index contributed by atoms with van der Waals surface area (Å²) >= 11 is 0. The average Bonchev–Trinajstić information content (AvgIpc) is 2.52. The molecule has 1 aliphatic rings. The molecule has 0 bridgehead atoms. The number of carboxylic acids is 1. The lowest BCUT2D eigenvalue weighted by Gasteiger charge is -2.28. The number of carboxylic acid groups (broad SMARTS) is 1. The molecule has 1 atom stereocenters. The maximum absolute atomic E-state index is 12.1. The standard InChI is InChI=1S/C18H25NO5/c1-18(12-23-2,10-17(21)22)19-16(20)11-24-15-8-7-13-5-3-4-6-14(13)9-15/h7-9H,3-6,10-12H2,1-2H3,(H,19,20)(H,21,22). The minimum absolute atomic E-state index is 0.115. The summed E-state index contributed by atoms with van der Waals surface area (Å²) in [5.41, 5.74) is 1.68. The van der Waals surface area contributed by atoms with Gasteiger partial charge in [-0.2, -0.15) is 0 Å². The van der Waals surface area contributed by atoms with Gasteiger partial charge in [0.25, 0.3) is 5.91 Å². The van der Waals surface area contributed by atoms with Gasteiger partial charge in [-0.3, -0.25) is 9.59 Å². The van der Waals surface area contributed by atoms with Crippen LogP contribution >= 0.6 is 0 Å². The van der Waals surface area contributed by atoms with E-state index in [-0.39, 0.29) is 25.5 Å². The third-order valence-electron chi connectivity index (χ3n) is 4.14. The number of fused-ring (bicyclic) bond motifs is 1. The smallest absolute Gasteiger partial charge is 0.305 e. The maximum atomic E-state index is 12.1. The van der Waals surface area contributed by atoms with Crippen molar-refractivity contribution in [2.75, 3.05) is 20.3 Å². The van der Waals surface area contributed by atoms with Crippen LogP contribution in [0.4, 0.5) is 0 Å². The van der Waals surface area contributed by atoms with Crippen LogP contribution in [0.1, 0.15) is 37.3 Å². The number of ether oxygens (including phenoxy) is 2. The molecule has 6 nitrogen and oxygen atoms in total. The molecule has 0 spiro atoms. The van der Waals surface area contributed by atoms with Crippen LogP contribution in [0.15, 0.2) is 18.2 Å². The topological polar surface area (TPSA) is 84.9 Å². The summed E-state index contributed by atoms with van der Waals surface area (Å²) in [6.07, 6.45) is 4.33. The summed E-state index contributed by atoms with van der Waals surface area (Å²) < 4.78 is 10.6. The number of nitrogens with one attached hydrogen (secondary N) is 1. The van der Waals surface area contributed by atoms with Crippen molar-refractivity contribution in [2.24, 2.45) is 0 Å². The number of rotatable bonds is 8. The summed E-state index contributed by atoms with van der Waals surface area (Å²) in [6, 6.07) is 5.93. The maximum Gasteiger partial charge on any atom is 0.305 e. The number of aliphatic carboxylic acids is 1. The Morgan fingerprint density at radius 3 is 2.62 bits per heavy atom. The van der Waals surface area contributed by atoms with E-state index in [9.17, 15) is 9.59 Å². The first-order chi connectivity index (χ1) is 11.4. The SMILES string of the molecule is COCC(C)(CC(=O)O)NC(=O)COc1ccc2c(c1)CCCC2. The molecule has 0 radical (unpaired) electrons. The molecule has 0 heterocycles. The van der Waals surface area contributed by atoms with Crippen LogP contribution in [0.25, 0.3) is 0 Å². The second-order valence-electron chi connectivity index (χ2n) is 6.54. The van der Waals surface area contributed by atoms with Crippen LogP contribution in [0, 0.1) is 0 Å². The number of hydrogen-bond acceptors (Lipinski definition) is 4. The lowest BCUT2D eigenvalue weighted by atomic mass is 9.92. The first-order valence-corrected chi connectivity index (χ1v) is 8.18. The third-order valence-corrected chi connectivity index (χ3v) is 4.14. The van der Waals surface area contributed by atoms with Gasteiger partial charge in [-0.05, 0) is 55.9 Å². The Hall–Kier alpha value is -2.08. The molecule has 1 aromatic carbocycles. The fourth-order valence-corrected chi connectivity index (χ4v) is 3.10. The lowest BCUT2D eigenvalue weighted by Crippen LogP contribution is -2.52. The Morgan fingerprint density at radius 2 is 1.96 bits per heavy atom. The molecule has 0 saturated heterocycles. The fraction of sp³-hybridized carbons (Fsp3) is 0.556. The molecule has 1 unspecified atom stereocenters. The molecule has 6 heteroatoms. The van der Waals surface area contributed by atoms with E-state index in [2.05, 4.69) is 11.4 Å². The lowest BCUT2D eigenvalue weighted by molar-refractivity contribution is -0.139. The van der Waals surface area contributed by atoms with Gasteiger partial charge in [-0.15, -0.1) is 0 Å². The molecule has 0 aliphatic heterocycles. The van der Waals surface area contributed by atoms with Gasteiger partial charge in [0.2, 0.25) is 0 Å². The highest BCUT2D eigenvalue weighted by molar-refractivity contribution is 5.79. The molecule has 1 amide bonds. The zero-order valence-corrected chi connectivity index (χ0v) is 14.3. The first kappa shape index (κ1) is 18.3. The van der Waals surface area contributed by atoms with Crippen molar-refractivity contribution in [3.05, 3.63) is 29.3 Å². The highest BCUT2D eigenvalue weighted by Crippen LogP contribution is 2.25. The zero-order chi connectivity index (χ0) is 17.6. The van der Waals surface area contributed by atoms with Gasteiger partial charge in [-0.25, -0.2) is 0 Å². The van der Waals surface area contributed by atoms with Crippen LogP contribution in [-0.4, -0.2) is 42.8 Å². The van der Waals surface area contributed by atoms with E-state index in [1.54, 1.807) is 6.92 Å². The Balaban J connectivity index is 1.91. The van der Waals surface area contributed by atoms with E-state index in [1.807, 2.05) is 12.1 Å². The van der Waals surface area contributed by atoms with Crippen LogP contribution in [0.3, 0.4) is 0 Å². The number of carbonyl (C=O) groups excluding carboxylic acids is 1. The molecular formula is C18H25NO5. The minimum atomic E-state index is -0.995. The summed E-state index contributed by atoms with van der Waals surface area (Å²) in [6.45, 7) is 1.60. The Labute approximate surface area is 142 Å². The van der Waals surface area contributed by atoms with Crippen molar-refractivity contribution in [1.82, 2.24) is 5.32 Å². The van der Waals surface area contributed by atoms with E-state index in [1.165, 1.54) is 31.1 Å². The average molecular weight is 335 g/mol. The summed E-state index contributed by atoms with van der Waals surface area (Å²) in [7, 11) is 1.47. The van der Waals surface area contributed by atoms with Gasteiger partial charge < -0.3 is 19.9 Å². The van der Waals surface area contributed by atoms with Crippen LogP contribution < -0.4 is 10.1 Å². The number of hydrogen-bond donors (Lipinski definition) is 2. The third kappa shape index (κ3) is 5.23. The molecule has 0 saturated carbocycles. The number of methoxy groups -OCH3 is 1. The highest BCUT2D eigenvalue weighted by atomic mass is 16.5. The number of aryl methyl sites for hydroxylation is 2. The molecule has 2 N–H and O–H groups in total. The van der Waals surface area contributed by atoms with Crippen molar-refractivity contribution < 1.29 is 24.2 Å². The van der Waals surface area contributed by atoms with Crippen molar-refractivity contribution >= 4 is 11.9 Å². The molecular weight excluding hydrogens is 310 g/mol. The Morgan fingerprint density at radius 1 is 1.25 bits per heavy atom. The molecule has 1 aliphatic carbocycles. The van der Waals surface area contributed by atoms with E-state index in [0.717, 1.165) is 12.8 Å². The number of carbonyl (C=O) groups is 2. The molecule has 1 aromatic rings. The van der Waals surface area contributed by atoms with Crippen molar-refractivity contribution in [2.45, 2.75) is 44.6 Å². The van der Waals surface area contributed by atoms with Crippen molar-refractivity contribution in [1.29, 1.82) is 0 Å². The number of benzene rings is 1.